The topological polar surface area (TPSA) is 6.48 Å². The van der Waals surface area contributed by atoms with Crippen molar-refractivity contribution in [1.29, 1.82) is 0 Å². The number of nitrogens with zero attached hydrogens (tertiary/aromatic N) is 2. The van der Waals surface area contributed by atoms with Crippen LogP contribution >= 0.6 is 11.3 Å². The molecule has 0 radical (unpaired) electrons. The van der Waals surface area contributed by atoms with Gasteiger partial charge in [0.2, 0.25) is 0 Å². The number of rotatable bonds is 8. The van der Waals surface area contributed by atoms with E-state index in [-0.39, 0.29) is 0 Å². The largest absolute Gasteiger partial charge is 0.311 e. The van der Waals surface area contributed by atoms with Crippen LogP contribution in [0.1, 0.15) is 12.8 Å². The minimum absolute atomic E-state index is 1.06. The van der Waals surface area contributed by atoms with Gasteiger partial charge in [0.1, 0.15) is 0 Å². The van der Waals surface area contributed by atoms with E-state index in [1.807, 2.05) is 11.3 Å². The lowest BCUT2D eigenvalue weighted by atomic mass is 9.99. The zero-order chi connectivity index (χ0) is 34.0. The molecule has 1 aliphatic carbocycles. The first kappa shape index (κ1) is 30.9. The highest BCUT2D eigenvalue weighted by Gasteiger charge is 2.17. The summed E-state index contributed by atoms with van der Waals surface area (Å²) in [5, 5.41) is 2.61. The van der Waals surface area contributed by atoms with Crippen molar-refractivity contribution in [3.05, 3.63) is 200 Å². The Morgan fingerprint density at radius 3 is 1.57 bits per heavy atom. The first-order chi connectivity index (χ1) is 25.3. The standard InChI is InChI=1S/C48H36N2S/c1-5-14-38(15-6-1)49(39-16-7-2-8-17-39)42-29-24-35(25-30-42)37-28-33-47-46(34-37)45-23-13-22-44(48(45)51-47)36-26-31-43(32-27-36)50(40-18-9-3-10-19-40)41-20-11-4-12-21-41/h1-3,5-11,13-34H,4,12H2. The van der Waals surface area contributed by atoms with E-state index in [1.54, 1.807) is 0 Å². The molecule has 8 aromatic rings. The molecule has 0 amide bonds. The lowest BCUT2D eigenvalue weighted by Gasteiger charge is -2.27. The second kappa shape index (κ2) is 13.6. The summed E-state index contributed by atoms with van der Waals surface area (Å²) in [6, 6.07) is 63.5. The van der Waals surface area contributed by atoms with Gasteiger partial charge in [-0.05, 0) is 114 Å². The fourth-order valence-electron chi connectivity index (χ4n) is 7.19. The second-order valence-electron chi connectivity index (χ2n) is 12.9. The van der Waals surface area contributed by atoms with Gasteiger partial charge in [0.15, 0.2) is 0 Å². The average Bonchev–Trinajstić information content (AvgIpc) is 3.59. The van der Waals surface area contributed by atoms with Crippen LogP contribution in [-0.4, -0.2) is 0 Å². The van der Waals surface area contributed by atoms with Crippen LogP contribution in [0.4, 0.5) is 28.4 Å². The summed E-state index contributed by atoms with van der Waals surface area (Å²) in [7, 11) is 0. The smallest absolute Gasteiger partial charge is 0.0462 e. The number of thiophene rings is 1. The predicted octanol–water partition coefficient (Wildman–Crippen LogP) is 14.2. The molecule has 0 bridgehead atoms. The molecule has 3 heteroatoms. The molecule has 0 fully saturated rings. The lowest BCUT2D eigenvalue weighted by molar-refractivity contribution is 0.997. The van der Waals surface area contributed by atoms with Crippen molar-refractivity contribution in [3.8, 4) is 22.3 Å². The summed E-state index contributed by atoms with van der Waals surface area (Å²) in [6.07, 6.45) is 9.02. The molecule has 244 valence electrons. The highest BCUT2D eigenvalue weighted by atomic mass is 32.1. The lowest BCUT2D eigenvalue weighted by Crippen LogP contribution is -2.16. The van der Waals surface area contributed by atoms with Crippen LogP contribution in [0, 0.1) is 0 Å². The van der Waals surface area contributed by atoms with E-state index >= 15 is 0 Å². The van der Waals surface area contributed by atoms with Gasteiger partial charge in [0.25, 0.3) is 0 Å². The van der Waals surface area contributed by atoms with Gasteiger partial charge in [-0.2, -0.15) is 0 Å². The van der Waals surface area contributed by atoms with Gasteiger partial charge in [-0.25, -0.2) is 0 Å². The summed E-state index contributed by atoms with van der Waals surface area (Å²) >= 11 is 1.88. The minimum atomic E-state index is 1.06. The molecule has 1 aliphatic rings. The molecule has 2 nitrogen and oxygen atoms in total. The van der Waals surface area contributed by atoms with Crippen molar-refractivity contribution in [2.45, 2.75) is 12.8 Å². The number of anilines is 5. The molecular weight excluding hydrogens is 637 g/mol. The molecule has 0 saturated heterocycles. The molecule has 0 aliphatic heterocycles. The highest BCUT2D eigenvalue weighted by molar-refractivity contribution is 7.26. The number of hydrogen-bond acceptors (Lipinski definition) is 3. The van der Waals surface area contributed by atoms with E-state index in [0.29, 0.717) is 0 Å². The van der Waals surface area contributed by atoms with Gasteiger partial charge < -0.3 is 9.80 Å². The fourth-order valence-corrected chi connectivity index (χ4v) is 8.41. The van der Waals surface area contributed by atoms with E-state index in [2.05, 4.69) is 204 Å². The van der Waals surface area contributed by atoms with Crippen molar-refractivity contribution in [2.24, 2.45) is 0 Å². The molecule has 0 atom stereocenters. The maximum absolute atomic E-state index is 2.37. The van der Waals surface area contributed by atoms with Crippen molar-refractivity contribution in [2.75, 3.05) is 9.80 Å². The molecule has 0 spiro atoms. The number of hydrogen-bond donors (Lipinski definition) is 0. The molecule has 1 aromatic heterocycles. The molecule has 0 saturated carbocycles. The maximum Gasteiger partial charge on any atom is 0.0462 e. The summed E-state index contributed by atoms with van der Waals surface area (Å²) in [6.45, 7) is 0. The molecule has 1 heterocycles. The van der Waals surface area contributed by atoms with Crippen LogP contribution in [0.25, 0.3) is 42.4 Å². The Kier molecular flexibility index (Phi) is 8.25. The highest BCUT2D eigenvalue weighted by Crippen LogP contribution is 2.43. The Balaban J connectivity index is 1.04. The molecule has 0 N–H and O–H groups in total. The van der Waals surface area contributed by atoms with Gasteiger partial charge in [-0.1, -0.05) is 115 Å². The van der Waals surface area contributed by atoms with Crippen LogP contribution < -0.4 is 9.80 Å². The Hall–Kier alpha value is -6.16. The molecule has 9 rings (SSSR count). The van der Waals surface area contributed by atoms with Crippen LogP contribution in [-0.2, 0) is 0 Å². The van der Waals surface area contributed by atoms with Gasteiger partial charge in [0, 0.05) is 54.3 Å². The Morgan fingerprint density at radius 2 is 0.961 bits per heavy atom. The van der Waals surface area contributed by atoms with E-state index < -0.39 is 0 Å². The number of fused-ring (bicyclic) bond motifs is 3. The fraction of sp³-hybridized carbons (Fsp3) is 0.0417. The molecule has 51 heavy (non-hydrogen) atoms. The summed E-state index contributed by atoms with van der Waals surface area (Å²) < 4.78 is 2.63. The van der Waals surface area contributed by atoms with Crippen LogP contribution in [0.2, 0.25) is 0 Å². The van der Waals surface area contributed by atoms with Gasteiger partial charge in [-0.15, -0.1) is 11.3 Å². The quantitative estimate of drug-likeness (QED) is 0.158. The van der Waals surface area contributed by atoms with E-state index in [4.69, 9.17) is 0 Å². The summed E-state index contributed by atoms with van der Waals surface area (Å²) in [5.41, 5.74) is 11.9. The van der Waals surface area contributed by atoms with Crippen molar-refractivity contribution in [1.82, 2.24) is 0 Å². The third-order valence-corrected chi connectivity index (χ3v) is 10.9. The molecule has 0 unspecified atom stereocenters. The molecular formula is C48H36N2S. The van der Waals surface area contributed by atoms with Gasteiger partial charge >= 0.3 is 0 Å². The third kappa shape index (κ3) is 6.03. The van der Waals surface area contributed by atoms with E-state index in [9.17, 15) is 0 Å². The Morgan fingerprint density at radius 1 is 0.412 bits per heavy atom. The van der Waals surface area contributed by atoms with Crippen LogP contribution in [0.3, 0.4) is 0 Å². The van der Waals surface area contributed by atoms with Crippen molar-refractivity contribution >= 4 is 59.9 Å². The van der Waals surface area contributed by atoms with Crippen molar-refractivity contribution in [3.63, 3.8) is 0 Å². The minimum Gasteiger partial charge on any atom is -0.311 e. The SMILES string of the molecule is C1=CC(N(c2ccccc2)c2ccc(-c3cccc4c3sc3ccc(-c5ccc(N(c6ccccc6)c6ccccc6)cc5)cc34)cc2)=CCC1. The maximum atomic E-state index is 2.37. The zero-order valence-corrected chi connectivity index (χ0v) is 29.0. The number of benzene rings is 7. The van der Waals surface area contributed by atoms with E-state index in [1.165, 1.54) is 53.8 Å². The van der Waals surface area contributed by atoms with Gasteiger partial charge in [-0.3, -0.25) is 0 Å². The average molecular weight is 673 g/mol. The van der Waals surface area contributed by atoms with E-state index in [0.717, 1.165) is 35.6 Å². The van der Waals surface area contributed by atoms with Gasteiger partial charge in [0.05, 0.1) is 0 Å². The Bertz CT molecular complexity index is 2460. The zero-order valence-electron chi connectivity index (χ0n) is 28.2. The number of allylic oxidation sites excluding steroid dienone is 3. The Labute approximate surface area is 303 Å². The number of para-hydroxylation sites is 3. The van der Waals surface area contributed by atoms with Crippen molar-refractivity contribution < 1.29 is 0 Å². The monoisotopic (exact) mass is 672 g/mol. The normalized spacial score (nSPS) is 12.6. The first-order valence-electron chi connectivity index (χ1n) is 17.6. The molecule has 7 aromatic carbocycles. The van der Waals surface area contributed by atoms with Crippen LogP contribution in [0.15, 0.2) is 200 Å². The summed E-state index contributed by atoms with van der Waals surface area (Å²) in [5.74, 6) is 0. The third-order valence-electron chi connectivity index (χ3n) is 9.67. The summed E-state index contributed by atoms with van der Waals surface area (Å²) in [4.78, 5) is 4.66. The second-order valence-corrected chi connectivity index (χ2v) is 13.9. The predicted molar refractivity (Wildman–Crippen MR) is 220 cm³/mol. The van der Waals surface area contributed by atoms with Crippen LogP contribution in [0.5, 0.6) is 0 Å². The first-order valence-corrected chi connectivity index (χ1v) is 18.4.